The van der Waals surface area contributed by atoms with Crippen molar-refractivity contribution >= 4 is 33.0 Å². The predicted molar refractivity (Wildman–Crippen MR) is 147 cm³/mol. The summed E-state index contributed by atoms with van der Waals surface area (Å²) in [5.41, 5.74) is 0.582. The Morgan fingerprint density at radius 2 is 1.97 bits per heavy atom. The molecule has 2 aliphatic rings. The molecule has 1 fully saturated rings. The second-order valence-electron chi connectivity index (χ2n) is 10.6. The van der Waals surface area contributed by atoms with Crippen molar-refractivity contribution in [3.63, 3.8) is 0 Å². The molecule has 204 valence electrons. The van der Waals surface area contributed by atoms with E-state index in [4.69, 9.17) is 4.74 Å². The summed E-state index contributed by atoms with van der Waals surface area (Å²) in [6.07, 6.45) is 6.32. The Labute approximate surface area is 224 Å². The summed E-state index contributed by atoms with van der Waals surface area (Å²) in [5.74, 6) is 0.898. The lowest BCUT2D eigenvalue weighted by Crippen LogP contribution is -2.50. The van der Waals surface area contributed by atoms with Crippen LogP contribution in [0.2, 0.25) is 0 Å². The number of ether oxygens (including phenoxy) is 1. The van der Waals surface area contributed by atoms with Gasteiger partial charge in [0.2, 0.25) is 0 Å². The van der Waals surface area contributed by atoms with Crippen LogP contribution in [-0.2, 0) is 10.0 Å². The number of benzene rings is 1. The molecule has 37 heavy (non-hydrogen) atoms. The van der Waals surface area contributed by atoms with Crippen LogP contribution in [0, 0.1) is 11.8 Å². The number of rotatable bonds is 9. The van der Waals surface area contributed by atoms with Crippen molar-refractivity contribution < 1.29 is 23.1 Å². The van der Waals surface area contributed by atoms with E-state index in [1.54, 1.807) is 34.5 Å². The van der Waals surface area contributed by atoms with Crippen molar-refractivity contribution in [3.8, 4) is 5.75 Å². The minimum Gasteiger partial charge on any atom is -0.488 e. The molecule has 0 bridgehead atoms. The minimum atomic E-state index is -3.76. The summed E-state index contributed by atoms with van der Waals surface area (Å²) in [6.45, 7) is 5.93. The first kappa shape index (κ1) is 27.9. The van der Waals surface area contributed by atoms with E-state index in [0.717, 1.165) is 24.4 Å². The van der Waals surface area contributed by atoms with Crippen LogP contribution in [0.25, 0.3) is 0 Å². The summed E-state index contributed by atoms with van der Waals surface area (Å²) < 4.78 is 34.8. The van der Waals surface area contributed by atoms with Crippen molar-refractivity contribution in [3.05, 3.63) is 41.3 Å². The molecule has 1 amide bonds. The molecule has 1 aliphatic carbocycles. The number of amides is 1. The Morgan fingerprint density at radius 1 is 1.22 bits per heavy atom. The molecule has 3 atom stereocenters. The molecule has 1 saturated carbocycles. The van der Waals surface area contributed by atoms with Crippen LogP contribution in [0.5, 0.6) is 5.75 Å². The maximum Gasteiger partial charge on any atom is 0.271 e. The molecule has 4 rings (SSSR count). The average molecular weight is 550 g/mol. The van der Waals surface area contributed by atoms with Crippen LogP contribution in [0.1, 0.15) is 56.3 Å². The number of fused-ring (bicyclic) bond motifs is 1. The molecule has 2 heterocycles. The highest BCUT2D eigenvalue weighted by Crippen LogP contribution is 2.32. The van der Waals surface area contributed by atoms with Gasteiger partial charge >= 0.3 is 0 Å². The lowest BCUT2D eigenvalue weighted by atomic mass is 9.89. The minimum absolute atomic E-state index is 0.0388. The molecule has 0 radical (unpaired) electrons. The Kier molecular flexibility index (Phi) is 9.15. The zero-order chi connectivity index (χ0) is 26.6. The number of hydrogen-bond donors (Lipinski definition) is 2. The second-order valence-corrected chi connectivity index (χ2v) is 13.5. The Bertz CT molecular complexity index is 1150. The fourth-order valence-corrected chi connectivity index (χ4v) is 7.36. The topological polar surface area (TPSA) is 99.2 Å². The number of nitrogens with zero attached hydrogens (tertiary/aromatic N) is 2. The Hall–Kier alpha value is -2.14. The fourth-order valence-electron chi connectivity index (χ4n) is 5.32. The van der Waals surface area contributed by atoms with Crippen molar-refractivity contribution in [2.75, 3.05) is 38.0 Å². The third-order valence-electron chi connectivity index (χ3n) is 7.46. The lowest BCUT2D eigenvalue weighted by molar-refractivity contribution is 0.0330. The van der Waals surface area contributed by atoms with Gasteiger partial charge in [-0.05, 0) is 62.4 Å². The average Bonchev–Trinajstić information content (AvgIpc) is 3.43. The van der Waals surface area contributed by atoms with E-state index in [0.29, 0.717) is 29.5 Å². The van der Waals surface area contributed by atoms with Crippen LogP contribution >= 0.6 is 11.3 Å². The van der Waals surface area contributed by atoms with Gasteiger partial charge in [0.25, 0.3) is 15.9 Å². The SMILES string of the molecule is C[C@@H]1CN([C@@H](C)CO)C(=O)c2cc(NS(=O)(=O)c3cccs3)ccc2O[C@H]1CN(C)CC1CCCCC1. The lowest BCUT2D eigenvalue weighted by Gasteiger charge is -2.38. The molecule has 0 unspecified atom stereocenters. The molecule has 0 saturated heterocycles. The molecule has 1 aliphatic heterocycles. The molecule has 10 heteroatoms. The van der Waals surface area contributed by atoms with Crippen molar-refractivity contribution in [2.45, 2.75) is 62.3 Å². The van der Waals surface area contributed by atoms with Crippen LogP contribution in [0.3, 0.4) is 0 Å². The highest BCUT2D eigenvalue weighted by Gasteiger charge is 2.34. The summed E-state index contributed by atoms with van der Waals surface area (Å²) in [4.78, 5) is 17.6. The number of nitrogens with one attached hydrogen (secondary N) is 1. The number of carbonyl (C=O) groups excluding carboxylic acids is 1. The van der Waals surface area contributed by atoms with Crippen molar-refractivity contribution in [2.24, 2.45) is 11.8 Å². The second kappa shape index (κ2) is 12.1. The van der Waals surface area contributed by atoms with E-state index in [1.165, 1.54) is 38.2 Å². The zero-order valence-electron chi connectivity index (χ0n) is 21.9. The van der Waals surface area contributed by atoms with E-state index in [1.807, 2.05) is 6.92 Å². The quantitative estimate of drug-likeness (QED) is 0.484. The van der Waals surface area contributed by atoms with E-state index < -0.39 is 10.0 Å². The predicted octanol–water partition coefficient (Wildman–Crippen LogP) is 4.28. The number of aliphatic hydroxyl groups is 1. The van der Waals surface area contributed by atoms with E-state index in [-0.39, 0.29) is 34.8 Å². The first-order chi connectivity index (χ1) is 17.7. The number of likely N-dealkylation sites (N-methyl/N-ethyl adjacent to an activating group) is 1. The van der Waals surface area contributed by atoms with Gasteiger partial charge < -0.3 is 19.6 Å². The van der Waals surface area contributed by atoms with Crippen molar-refractivity contribution in [1.82, 2.24) is 9.80 Å². The van der Waals surface area contributed by atoms with Gasteiger partial charge in [-0.3, -0.25) is 9.52 Å². The normalized spacial score (nSPS) is 22.2. The maximum absolute atomic E-state index is 13.6. The van der Waals surface area contributed by atoms with Crippen LogP contribution in [0.4, 0.5) is 5.69 Å². The van der Waals surface area contributed by atoms with Gasteiger partial charge in [0.05, 0.1) is 18.2 Å². The zero-order valence-corrected chi connectivity index (χ0v) is 23.6. The molecule has 8 nitrogen and oxygen atoms in total. The first-order valence-corrected chi connectivity index (χ1v) is 15.5. The number of thiophene rings is 1. The summed E-state index contributed by atoms with van der Waals surface area (Å²) in [7, 11) is -1.63. The third kappa shape index (κ3) is 6.85. The number of anilines is 1. The van der Waals surface area contributed by atoms with E-state index in [2.05, 4.69) is 23.6 Å². The Morgan fingerprint density at radius 3 is 2.65 bits per heavy atom. The standard InChI is InChI=1S/C27H39N3O5S2/c1-19-15-30(20(2)18-31)27(32)23-14-22(28-37(33,34)26-10-7-13-36-26)11-12-24(23)35-25(19)17-29(3)16-21-8-5-4-6-9-21/h7,10-14,19-21,25,28,31H,4-6,8-9,15-18H2,1-3H3/t19-,20+,25+/m1/s1. The Balaban J connectivity index is 1.60. The molecular weight excluding hydrogens is 510 g/mol. The summed E-state index contributed by atoms with van der Waals surface area (Å²) in [5, 5.41) is 11.6. The van der Waals surface area contributed by atoms with Gasteiger partial charge in [0.1, 0.15) is 16.1 Å². The number of hydrogen-bond acceptors (Lipinski definition) is 7. The third-order valence-corrected chi connectivity index (χ3v) is 10.2. The van der Waals surface area contributed by atoms with E-state index in [9.17, 15) is 18.3 Å². The smallest absolute Gasteiger partial charge is 0.271 e. The molecule has 0 spiro atoms. The molecule has 1 aromatic carbocycles. The van der Waals surface area contributed by atoms with Gasteiger partial charge in [-0.25, -0.2) is 8.42 Å². The van der Waals surface area contributed by atoms with Crippen LogP contribution < -0.4 is 9.46 Å². The highest BCUT2D eigenvalue weighted by molar-refractivity contribution is 7.94. The van der Waals surface area contributed by atoms with Crippen LogP contribution in [0.15, 0.2) is 39.9 Å². The number of aliphatic hydroxyl groups excluding tert-OH is 1. The molecular formula is C27H39N3O5S2. The monoisotopic (exact) mass is 549 g/mol. The maximum atomic E-state index is 13.6. The van der Waals surface area contributed by atoms with Gasteiger partial charge in [-0.2, -0.15) is 0 Å². The molecule has 2 aromatic rings. The number of carbonyl (C=O) groups is 1. The van der Waals surface area contributed by atoms with Gasteiger partial charge in [-0.15, -0.1) is 11.3 Å². The van der Waals surface area contributed by atoms with E-state index >= 15 is 0 Å². The van der Waals surface area contributed by atoms with Gasteiger partial charge in [0.15, 0.2) is 0 Å². The van der Waals surface area contributed by atoms with Crippen molar-refractivity contribution in [1.29, 1.82) is 0 Å². The molecule has 2 N–H and O–H groups in total. The fraction of sp³-hybridized carbons (Fsp3) is 0.593. The van der Waals surface area contributed by atoms with Gasteiger partial charge in [-0.1, -0.05) is 32.3 Å². The molecule has 1 aromatic heterocycles. The van der Waals surface area contributed by atoms with Crippen LogP contribution in [-0.4, -0.2) is 74.7 Å². The van der Waals surface area contributed by atoms with Gasteiger partial charge in [0, 0.05) is 31.2 Å². The summed E-state index contributed by atoms with van der Waals surface area (Å²) in [6, 6.07) is 7.68. The first-order valence-electron chi connectivity index (χ1n) is 13.2. The highest BCUT2D eigenvalue weighted by atomic mass is 32.2. The summed E-state index contributed by atoms with van der Waals surface area (Å²) >= 11 is 1.13. The number of sulfonamides is 1. The largest absolute Gasteiger partial charge is 0.488 e.